The third-order valence-corrected chi connectivity index (χ3v) is 4.58. The molecule has 1 atom stereocenters. The summed E-state index contributed by atoms with van der Waals surface area (Å²) in [6.07, 6.45) is 0.292. The first-order valence-corrected chi connectivity index (χ1v) is 8.66. The molecule has 4 rings (SSSR count). The van der Waals surface area contributed by atoms with Crippen LogP contribution in [0.5, 0.6) is 5.75 Å². The lowest BCUT2D eigenvalue weighted by atomic mass is 10.0. The molecule has 3 aromatic carbocycles. The molecule has 0 amide bonds. The van der Waals surface area contributed by atoms with Crippen molar-refractivity contribution in [1.82, 2.24) is 4.98 Å². The van der Waals surface area contributed by atoms with E-state index in [4.69, 9.17) is 0 Å². The van der Waals surface area contributed by atoms with Crippen molar-refractivity contribution >= 4 is 33.5 Å². The number of carboxylic acid groups (broad SMARTS) is 1. The minimum atomic E-state index is -0.937. The molecule has 27 heavy (non-hydrogen) atoms. The summed E-state index contributed by atoms with van der Waals surface area (Å²) in [5.41, 5.74) is 3.22. The Morgan fingerprint density at radius 1 is 0.889 bits per heavy atom. The predicted octanol–water partition coefficient (Wildman–Crippen LogP) is 4.20. The summed E-state index contributed by atoms with van der Waals surface area (Å²) >= 11 is 0. The number of phenols is 1. The topological polar surface area (TPSA) is 82.5 Å². The van der Waals surface area contributed by atoms with Crippen LogP contribution in [-0.2, 0) is 11.2 Å². The maximum atomic E-state index is 11.9. The number of nitrogens with one attached hydrogen (secondary N) is 1. The number of fused-ring (bicyclic) bond motifs is 2. The van der Waals surface area contributed by atoms with E-state index in [0.717, 1.165) is 33.1 Å². The second-order valence-electron chi connectivity index (χ2n) is 6.43. The SMILES string of the molecule is O=C(O)C(Cc1ccc(O)cc1)Nc1c2ccccc2nc2ccccc12. The molecule has 4 aromatic rings. The summed E-state index contributed by atoms with van der Waals surface area (Å²) in [6.45, 7) is 0. The van der Waals surface area contributed by atoms with E-state index in [9.17, 15) is 15.0 Å². The Kier molecular flexibility index (Phi) is 4.34. The molecule has 0 saturated heterocycles. The third kappa shape index (κ3) is 3.40. The number of aliphatic carboxylic acids is 1. The van der Waals surface area contributed by atoms with Crippen LogP contribution in [0.1, 0.15) is 5.56 Å². The van der Waals surface area contributed by atoms with Gasteiger partial charge in [-0.25, -0.2) is 9.78 Å². The molecule has 1 unspecified atom stereocenters. The number of carboxylic acids is 1. The Morgan fingerprint density at radius 3 is 2.00 bits per heavy atom. The van der Waals surface area contributed by atoms with Crippen molar-refractivity contribution in [2.24, 2.45) is 0 Å². The van der Waals surface area contributed by atoms with Gasteiger partial charge in [-0.2, -0.15) is 0 Å². The Morgan fingerprint density at radius 2 is 1.44 bits per heavy atom. The lowest BCUT2D eigenvalue weighted by Crippen LogP contribution is -2.31. The van der Waals surface area contributed by atoms with Gasteiger partial charge in [-0.1, -0.05) is 48.5 Å². The van der Waals surface area contributed by atoms with Crippen LogP contribution in [0, 0.1) is 0 Å². The lowest BCUT2D eigenvalue weighted by Gasteiger charge is -2.19. The van der Waals surface area contributed by atoms with Crippen LogP contribution < -0.4 is 5.32 Å². The molecule has 3 N–H and O–H groups in total. The number of para-hydroxylation sites is 2. The van der Waals surface area contributed by atoms with E-state index < -0.39 is 12.0 Å². The van der Waals surface area contributed by atoms with E-state index in [0.29, 0.717) is 6.42 Å². The second-order valence-corrected chi connectivity index (χ2v) is 6.43. The zero-order valence-electron chi connectivity index (χ0n) is 14.5. The van der Waals surface area contributed by atoms with Gasteiger partial charge in [0.25, 0.3) is 0 Å². The van der Waals surface area contributed by atoms with Gasteiger partial charge in [-0.05, 0) is 29.8 Å². The van der Waals surface area contributed by atoms with E-state index in [2.05, 4.69) is 10.3 Å². The van der Waals surface area contributed by atoms with Crippen LogP contribution in [0.4, 0.5) is 5.69 Å². The molecule has 1 aromatic heterocycles. The fourth-order valence-electron chi connectivity index (χ4n) is 3.24. The summed E-state index contributed by atoms with van der Waals surface area (Å²) in [4.78, 5) is 16.6. The average Bonchev–Trinajstić information content (AvgIpc) is 2.68. The van der Waals surface area contributed by atoms with Crippen molar-refractivity contribution in [2.45, 2.75) is 12.5 Å². The minimum absolute atomic E-state index is 0.157. The monoisotopic (exact) mass is 358 g/mol. The van der Waals surface area contributed by atoms with Crippen LogP contribution >= 0.6 is 0 Å². The zero-order valence-corrected chi connectivity index (χ0v) is 14.5. The molecule has 0 saturated carbocycles. The van der Waals surface area contributed by atoms with Crippen molar-refractivity contribution in [3.63, 3.8) is 0 Å². The molecule has 0 aliphatic rings. The zero-order chi connectivity index (χ0) is 18.8. The van der Waals surface area contributed by atoms with Gasteiger partial charge in [0.1, 0.15) is 11.8 Å². The molecule has 134 valence electrons. The number of benzene rings is 3. The van der Waals surface area contributed by atoms with E-state index in [1.165, 1.54) is 0 Å². The van der Waals surface area contributed by atoms with E-state index in [-0.39, 0.29) is 5.75 Å². The predicted molar refractivity (Wildman–Crippen MR) is 106 cm³/mol. The van der Waals surface area contributed by atoms with Crippen molar-refractivity contribution in [3.8, 4) is 5.75 Å². The number of pyridine rings is 1. The summed E-state index contributed by atoms with van der Waals surface area (Å²) in [5, 5.41) is 24.2. The number of aromatic nitrogens is 1. The molecular formula is C22H18N2O3. The molecule has 5 nitrogen and oxygen atoms in total. The van der Waals surface area contributed by atoms with E-state index in [1.807, 2.05) is 48.5 Å². The van der Waals surface area contributed by atoms with Gasteiger partial charge >= 0.3 is 5.97 Å². The fourth-order valence-corrected chi connectivity index (χ4v) is 3.24. The van der Waals surface area contributed by atoms with Crippen molar-refractivity contribution < 1.29 is 15.0 Å². The molecule has 0 aliphatic carbocycles. The first-order chi connectivity index (χ1) is 13.1. The summed E-state index contributed by atoms with van der Waals surface area (Å²) in [5.74, 6) is -0.780. The fraction of sp³-hybridized carbons (Fsp3) is 0.0909. The van der Waals surface area contributed by atoms with E-state index >= 15 is 0 Å². The van der Waals surface area contributed by atoms with Crippen LogP contribution in [0.3, 0.4) is 0 Å². The van der Waals surface area contributed by atoms with Crippen LogP contribution in [-0.4, -0.2) is 27.2 Å². The van der Waals surface area contributed by atoms with Crippen molar-refractivity contribution in [1.29, 1.82) is 0 Å². The average molecular weight is 358 g/mol. The van der Waals surface area contributed by atoms with Crippen molar-refractivity contribution in [2.75, 3.05) is 5.32 Å². The van der Waals surface area contributed by atoms with Gasteiger partial charge in [0.15, 0.2) is 0 Å². The Hall–Kier alpha value is -3.60. The Balaban J connectivity index is 1.79. The normalized spacial score (nSPS) is 12.1. The number of hydrogen-bond acceptors (Lipinski definition) is 4. The second kappa shape index (κ2) is 6.96. The first-order valence-electron chi connectivity index (χ1n) is 8.66. The molecular weight excluding hydrogens is 340 g/mol. The number of hydrogen-bond donors (Lipinski definition) is 3. The van der Waals surface area contributed by atoms with Crippen LogP contribution in [0.15, 0.2) is 72.8 Å². The molecule has 1 heterocycles. The van der Waals surface area contributed by atoms with Gasteiger partial charge in [0.2, 0.25) is 0 Å². The molecule has 0 fully saturated rings. The number of rotatable bonds is 5. The van der Waals surface area contributed by atoms with Gasteiger partial charge in [-0.15, -0.1) is 0 Å². The molecule has 0 bridgehead atoms. The summed E-state index contributed by atoms with van der Waals surface area (Å²) < 4.78 is 0. The summed E-state index contributed by atoms with van der Waals surface area (Å²) in [7, 11) is 0. The highest BCUT2D eigenvalue weighted by molar-refractivity contribution is 6.08. The number of phenolic OH excluding ortho intramolecular Hbond substituents is 1. The van der Waals surface area contributed by atoms with Gasteiger partial charge in [-0.3, -0.25) is 0 Å². The maximum absolute atomic E-state index is 11.9. The van der Waals surface area contributed by atoms with Crippen LogP contribution in [0.2, 0.25) is 0 Å². The number of nitrogens with zero attached hydrogens (tertiary/aromatic N) is 1. The lowest BCUT2D eigenvalue weighted by molar-refractivity contribution is -0.137. The highest BCUT2D eigenvalue weighted by atomic mass is 16.4. The number of anilines is 1. The smallest absolute Gasteiger partial charge is 0.326 e. The molecule has 0 aliphatic heterocycles. The molecule has 0 radical (unpaired) electrons. The molecule has 0 spiro atoms. The van der Waals surface area contributed by atoms with E-state index in [1.54, 1.807) is 24.3 Å². The Bertz CT molecular complexity index is 1070. The largest absolute Gasteiger partial charge is 0.508 e. The first kappa shape index (κ1) is 16.8. The van der Waals surface area contributed by atoms with Gasteiger partial charge in [0.05, 0.1) is 16.7 Å². The standard InChI is InChI=1S/C22H18N2O3/c25-15-11-9-14(10-12-15)13-20(22(26)27)24-21-16-5-1-3-7-18(16)23-19-8-4-2-6-17(19)21/h1-12,20,25H,13H2,(H,23,24)(H,26,27). The highest BCUT2D eigenvalue weighted by Crippen LogP contribution is 2.31. The summed E-state index contributed by atoms with van der Waals surface area (Å²) in [6, 6.07) is 21.2. The Labute approximate surface area is 155 Å². The van der Waals surface area contributed by atoms with Crippen molar-refractivity contribution in [3.05, 3.63) is 78.4 Å². The van der Waals surface area contributed by atoms with Crippen LogP contribution in [0.25, 0.3) is 21.8 Å². The number of aromatic hydroxyl groups is 1. The molecule has 5 heteroatoms. The number of carbonyl (C=O) groups is 1. The van der Waals surface area contributed by atoms with Gasteiger partial charge < -0.3 is 15.5 Å². The quantitative estimate of drug-likeness (QED) is 0.466. The van der Waals surface area contributed by atoms with Gasteiger partial charge in [0, 0.05) is 17.2 Å². The highest BCUT2D eigenvalue weighted by Gasteiger charge is 2.20. The third-order valence-electron chi connectivity index (χ3n) is 4.58. The maximum Gasteiger partial charge on any atom is 0.326 e. The minimum Gasteiger partial charge on any atom is -0.508 e.